The number of carbonyl (C=O) groups is 1. The molecule has 0 saturated carbocycles. The summed E-state index contributed by atoms with van der Waals surface area (Å²) in [7, 11) is 1.23. The number of anilines is 2. The average molecular weight is 439 g/mol. The molecule has 3 heterocycles. The van der Waals surface area contributed by atoms with Crippen molar-refractivity contribution in [3.05, 3.63) is 41.7 Å². The minimum Gasteiger partial charge on any atom is -0.489 e. The molecule has 0 spiro atoms. The Morgan fingerprint density at radius 3 is 2.70 bits per heavy atom. The molecular weight excluding hydrogens is 423 g/mol. The predicted molar refractivity (Wildman–Crippen MR) is 103 cm³/mol. The molecule has 0 aliphatic rings. The van der Waals surface area contributed by atoms with Crippen molar-refractivity contribution in [2.24, 2.45) is 0 Å². The van der Waals surface area contributed by atoms with Crippen molar-refractivity contribution in [1.82, 2.24) is 19.3 Å². The molecule has 0 aliphatic carbocycles. The first-order valence-electron chi connectivity index (χ1n) is 8.57. The van der Waals surface area contributed by atoms with Crippen LogP contribution in [-0.2, 0) is 10.9 Å². The molecule has 3 rings (SSSR count). The summed E-state index contributed by atoms with van der Waals surface area (Å²) in [6, 6.07) is 3.91. The van der Waals surface area contributed by atoms with E-state index in [0.717, 1.165) is 23.8 Å². The highest BCUT2D eigenvalue weighted by Crippen LogP contribution is 2.38. The molecule has 1 N–H and O–H groups in total. The van der Waals surface area contributed by atoms with Crippen molar-refractivity contribution in [3.8, 4) is 17.3 Å². The van der Waals surface area contributed by atoms with E-state index >= 15 is 0 Å². The van der Waals surface area contributed by atoms with Crippen molar-refractivity contribution in [3.63, 3.8) is 0 Å². The summed E-state index contributed by atoms with van der Waals surface area (Å²) in [6.07, 6.45) is -2.63. The first-order chi connectivity index (χ1) is 14.2. The monoisotopic (exact) mass is 439 g/mol. The number of alkyl halides is 3. The van der Waals surface area contributed by atoms with Crippen LogP contribution < -0.4 is 10.1 Å². The molecule has 158 valence electrons. The van der Waals surface area contributed by atoms with Crippen molar-refractivity contribution in [2.45, 2.75) is 26.1 Å². The van der Waals surface area contributed by atoms with Gasteiger partial charge in [0.25, 0.3) is 0 Å². The Morgan fingerprint density at radius 1 is 1.27 bits per heavy atom. The Kier molecular flexibility index (Phi) is 6.15. The number of ether oxygens (including phenoxy) is 2. The standard InChI is InChI=1S/C18H16F3N5O3S/c1-9(2)29-13-8-23-12(7-11(13)18(19,20)21)15-25-17(30-26-15)24-14-10(16(27)28-3)5-4-6-22-14/h4-9H,1-3H3,(H,22,24,25,26). The molecule has 3 aromatic rings. The van der Waals surface area contributed by atoms with Crippen LogP contribution in [0.15, 0.2) is 30.6 Å². The Bertz CT molecular complexity index is 1060. The summed E-state index contributed by atoms with van der Waals surface area (Å²) in [5.41, 5.74) is -0.871. The molecule has 0 bridgehead atoms. The summed E-state index contributed by atoms with van der Waals surface area (Å²) < 4.78 is 54.2. The van der Waals surface area contributed by atoms with Crippen LogP contribution in [0, 0.1) is 0 Å². The summed E-state index contributed by atoms with van der Waals surface area (Å²) in [5.74, 6) is -0.810. The van der Waals surface area contributed by atoms with Gasteiger partial charge in [0.05, 0.1) is 19.4 Å². The number of methoxy groups -OCH3 is 1. The lowest BCUT2D eigenvalue weighted by Gasteiger charge is -2.16. The smallest absolute Gasteiger partial charge is 0.420 e. The molecule has 0 saturated heterocycles. The number of hydrogen-bond donors (Lipinski definition) is 1. The molecule has 0 aliphatic heterocycles. The number of pyridine rings is 2. The summed E-state index contributed by atoms with van der Waals surface area (Å²) in [6.45, 7) is 3.24. The van der Waals surface area contributed by atoms with E-state index in [0.29, 0.717) is 0 Å². The first-order valence-corrected chi connectivity index (χ1v) is 9.34. The topological polar surface area (TPSA) is 99.1 Å². The molecule has 0 radical (unpaired) electrons. The van der Waals surface area contributed by atoms with Gasteiger partial charge in [-0.15, -0.1) is 0 Å². The van der Waals surface area contributed by atoms with Gasteiger partial charge in [-0.1, -0.05) is 0 Å². The third kappa shape index (κ3) is 4.82. The minimum absolute atomic E-state index is 0.0142. The van der Waals surface area contributed by atoms with Crippen molar-refractivity contribution >= 4 is 28.5 Å². The number of carbonyl (C=O) groups excluding carboxylic acids is 1. The van der Waals surface area contributed by atoms with Gasteiger partial charge in [0.15, 0.2) is 5.82 Å². The van der Waals surface area contributed by atoms with Gasteiger partial charge in [-0.05, 0) is 32.0 Å². The normalized spacial score (nSPS) is 11.4. The molecule has 30 heavy (non-hydrogen) atoms. The number of nitrogens with zero attached hydrogens (tertiary/aromatic N) is 4. The number of esters is 1. The van der Waals surface area contributed by atoms with Crippen LogP contribution in [-0.4, -0.2) is 38.5 Å². The molecule has 0 atom stereocenters. The summed E-state index contributed by atoms with van der Waals surface area (Å²) >= 11 is 0.879. The van der Waals surface area contributed by atoms with E-state index in [2.05, 4.69) is 24.6 Å². The zero-order chi connectivity index (χ0) is 21.9. The van der Waals surface area contributed by atoms with Crippen molar-refractivity contribution in [1.29, 1.82) is 0 Å². The SMILES string of the molecule is COC(=O)c1cccnc1Nc1nc(-c2cc(C(F)(F)F)c(OC(C)C)cn2)ns1. The molecule has 0 fully saturated rings. The molecular formula is C18H16F3N5O3S. The van der Waals surface area contributed by atoms with Gasteiger partial charge in [0.1, 0.15) is 28.4 Å². The van der Waals surface area contributed by atoms with Gasteiger partial charge in [-0.3, -0.25) is 0 Å². The fourth-order valence-corrected chi connectivity index (χ4v) is 2.97. The van der Waals surface area contributed by atoms with Gasteiger partial charge < -0.3 is 14.8 Å². The predicted octanol–water partition coefficient (Wildman–Crippen LogP) is 4.33. The number of halogens is 3. The van der Waals surface area contributed by atoms with E-state index in [-0.39, 0.29) is 33.8 Å². The first kappa shape index (κ1) is 21.4. The molecule has 8 nitrogen and oxygen atoms in total. The van der Waals surface area contributed by atoms with Crippen LogP contribution in [0.4, 0.5) is 24.1 Å². The van der Waals surface area contributed by atoms with E-state index in [1.807, 2.05) is 0 Å². The Labute approximate surface area is 173 Å². The second-order valence-electron chi connectivity index (χ2n) is 6.17. The van der Waals surface area contributed by atoms with Gasteiger partial charge in [-0.25, -0.2) is 14.8 Å². The summed E-state index contributed by atoms with van der Waals surface area (Å²) in [4.78, 5) is 24.0. The maximum absolute atomic E-state index is 13.4. The lowest BCUT2D eigenvalue weighted by molar-refractivity contribution is -0.139. The molecule has 0 aromatic carbocycles. The Hall–Kier alpha value is -3.28. The highest BCUT2D eigenvalue weighted by atomic mass is 32.1. The number of hydrogen-bond acceptors (Lipinski definition) is 9. The lowest BCUT2D eigenvalue weighted by Crippen LogP contribution is -2.13. The molecule has 3 aromatic heterocycles. The quantitative estimate of drug-likeness (QED) is 0.567. The van der Waals surface area contributed by atoms with Crippen LogP contribution in [0.5, 0.6) is 5.75 Å². The highest BCUT2D eigenvalue weighted by Gasteiger charge is 2.36. The molecule has 0 unspecified atom stereocenters. The largest absolute Gasteiger partial charge is 0.489 e. The van der Waals surface area contributed by atoms with Gasteiger partial charge in [-0.2, -0.15) is 22.5 Å². The van der Waals surface area contributed by atoms with E-state index in [1.54, 1.807) is 19.9 Å². The lowest BCUT2D eigenvalue weighted by atomic mass is 10.2. The van der Waals surface area contributed by atoms with Crippen molar-refractivity contribution < 1.29 is 27.4 Å². The fraction of sp³-hybridized carbons (Fsp3) is 0.278. The zero-order valence-electron chi connectivity index (χ0n) is 16.0. The molecule has 0 amide bonds. The zero-order valence-corrected chi connectivity index (χ0v) is 16.8. The summed E-state index contributed by atoms with van der Waals surface area (Å²) in [5, 5.41) is 3.03. The number of rotatable bonds is 6. The molecule has 12 heteroatoms. The highest BCUT2D eigenvalue weighted by molar-refractivity contribution is 7.09. The van der Waals surface area contributed by atoms with Crippen LogP contribution in [0.1, 0.15) is 29.8 Å². The van der Waals surface area contributed by atoms with Gasteiger partial charge in [0.2, 0.25) is 5.13 Å². The second-order valence-corrected chi connectivity index (χ2v) is 6.92. The number of nitrogens with one attached hydrogen (secondary N) is 1. The van der Waals surface area contributed by atoms with Crippen molar-refractivity contribution in [2.75, 3.05) is 12.4 Å². The van der Waals surface area contributed by atoms with E-state index in [1.165, 1.54) is 19.4 Å². The van der Waals surface area contributed by atoms with Crippen LogP contribution in [0.2, 0.25) is 0 Å². The van der Waals surface area contributed by atoms with E-state index in [9.17, 15) is 18.0 Å². The van der Waals surface area contributed by atoms with E-state index < -0.39 is 23.8 Å². The van der Waals surface area contributed by atoms with Crippen LogP contribution >= 0.6 is 11.5 Å². The van der Waals surface area contributed by atoms with Gasteiger partial charge in [0, 0.05) is 17.7 Å². The maximum Gasteiger partial charge on any atom is 0.420 e. The fourth-order valence-electron chi connectivity index (χ4n) is 2.39. The number of aromatic nitrogens is 4. The maximum atomic E-state index is 13.4. The average Bonchev–Trinajstić information content (AvgIpc) is 3.15. The Balaban J connectivity index is 1.91. The minimum atomic E-state index is -4.64. The van der Waals surface area contributed by atoms with Gasteiger partial charge >= 0.3 is 12.1 Å². The van der Waals surface area contributed by atoms with E-state index in [4.69, 9.17) is 9.47 Å². The van der Waals surface area contributed by atoms with Crippen LogP contribution in [0.25, 0.3) is 11.5 Å². The van der Waals surface area contributed by atoms with Crippen LogP contribution in [0.3, 0.4) is 0 Å². The second kappa shape index (κ2) is 8.61. The third-order valence-corrected chi connectivity index (χ3v) is 4.26. The Morgan fingerprint density at radius 2 is 2.03 bits per heavy atom. The third-order valence-electron chi connectivity index (χ3n) is 3.63.